The maximum atomic E-state index is 11.6. The van der Waals surface area contributed by atoms with Crippen molar-refractivity contribution in [3.05, 3.63) is 30.3 Å². The Morgan fingerprint density at radius 1 is 1.44 bits per heavy atom. The van der Waals surface area contributed by atoms with Crippen LogP contribution in [0.15, 0.2) is 30.3 Å². The van der Waals surface area contributed by atoms with Crippen LogP contribution >= 0.6 is 11.6 Å². The van der Waals surface area contributed by atoms with Gasteiger partial charge in [-0.05, 0) is 19.1 Å². The summed E-state index contributed by atoms with van der Waals surface area (Å²) in [4.78, 5) is 13.2. The lowest BCUT2D eigenvalue weighted by Gasteiger charge is -2.18. The maximum absolute atomic E-state index is 11.6. The van der Waals surface area contributed by atoms with Crippen LogP contribution in [0.3, 0.4) is 0 Å². The second-order valence-corrected chi connectivity index (χ2v) is 4.40. The number of halogens is 1. The number of amides is 1. The summed E-state index contributed by atoms with van der Waals surface area (Å²) in [5, 5.41) is -0.0503. The predicted octanol–water partition coefficient (Wildman–Crippen LogP) is 2.15. The van der Waals surface area contributed by atoms with Gasteiger partial charge in [0.1, 0.15) is 5.75 Å². The van der Waals surface area contributed by atoms with Crippen LogP contribution in [0, 0.1) is 0 Å². The first-order valence-electron chi connectivity index (χ1n) is 5.15. The second kappa shape index (κ2) is 6.38. The van der Waals surface area contributed by atoms with E-state index >= 15 is 0 Å². The summed E-state index contributed by atoms with van der Waals surface area (Å²) in [6, 6.07) is 9.26. The number of benzene rings is 1. The highest BCUT2D eigenvalue weighted by molar-refractivity contribution is 6.20. The standard InChI is InChI=1S/C12H16ClNO2/c1-10(13)8-14(2)12(15)9-16-11-6-4-3-5-7-11/h3-7,10H,8-9H2,1-2H3. The minimum absolute atomic E-state index is 0.0458. The molecule has 3 nitrogen and oxygen atoms in total. The van der Waals surface area contributed by atoms with E-state index in [4.69, 9.17) is 16.3 Å². The van der Waals surface area contributed by atoms with Gasteiger partial charge in [0.2, 0.25) is 0 Å². The van der Waals surface area contributed by atoms with E-state index in [1.807, 2.05) is 37.3 Å². The van der Waals surface area contributed by atoms with Crippen molar-refractivity contribution in [2.24, 2.45) is 0 Å². The lowest BCUT2D eigenvalue weighted by atomic mass is 10.3. The van der Waals surface area contributed by atoms with Crippen molar-refractivity contribution in [2.45, 2.75) is 12.3 Å². The number of hydrogen-bond donors (Lipinski definition) is 0. The third-order valence-corrected chi connectivity index (χ3v) is 2.19. The Bertz CT molecular complexity index is 327. The van der Waals surface area contributed by atoms with Gasteiger partial charge < -0.3 is 9.64 Å². The Hall–Kier alpha value is -1.22. The van der Waals surface area contributed by atoms with Crippen molar-refractivity contribution in [1.29, 1.82) is 0 Å². The van der Waals surface area contributed by atoms with Crippen LogP contribution in [0.25, 0.3) is 0 Å². The lowest BCUT2D eigenvalue weighted by molar-refractivity contribution is -0.132. The summed E-state index contributed by atoms with van der Waals surface area (Å²) in [6.07, 6.45) is 0. The number of nitrogens with zero attached hydrogens (tertiary/aromatic N) is 1. The van der Waals surface area contributed by atoms with Crippen LogP contribution in [0.1, 0.15) is 6.92 Å². The van der Waals surface area contributed by atoms with Crippen molar-refractivity contribution < 1.29 is 9.53 Å². The fourth-order valence-electron chi connectivity index (χ4n) is 1.25. The largest absolute Gasteiger partial charge is 0.484 e. The van der Waals surface area contributed by atoms with E-state index in [0.29, 0.717) is 12.3 Å². The van der Waals surface area contributed by atoms with Gasteiger partial charge in [-0.1, -0.05) is 18.2 Å². The highest BCUT2D eigenvalue weighted by Crippen LogP contribution is 2.08. The SMILES string of the molecule is CC(Cl)CN(C)C(=O)COc1ccccc1. The van der Waals surface area contributed by atoms with E-state index in [0.717, 1.165) is 0 Å². The Labute approximate surface area is 101 Å². The predicted molar refractivity (Wildman–Crippen MR) is 64.9 cm³/mol. The zero-order valence-corrected chi connectivity index (χ0v) is 10.3. The summed E-state index contributed by atoms with van der Waals surface area (Å²) in [5.74, 6) is 0.625. The summed E-state index contributed by atoms with van der Waals surface area (Å²) >= 11 is 5.80. The van der Waals surface area contributed by atoms with Crippen molar-refractivity contribution in [1.82, 2.24) is 4.90 Å². The highest BCUT2D eigenvalue weighted by atomic mass is 35.5. The number of ether oxygens (including phenoxy) is 1. The Balaban J connectivity index is 2.35. The molecule has 0 N–H and O–H groups in total. The average molecular weight is 242 g/mol. The zero-order valence-electron chi connectivity index (χ0n) is 9.52. The molecule has 16 heavy (non-hydrogen) atoms. The molecule has 1 aromatic carbocycles. The van der Waals surface area contributed by atoms with Crippen LogP contribution in [0.5, 0.6) is 5.75 Å². The van der Waals surface area contributed by atoms with Gasteiger partial charge in [0.05, 0.1) is 0 Å². The zero-order chi connectivity index (χ0) is 12.0. The van der Waals surface area contributed by atoms with Gasteiger partial charge in [0.25, 0.3) is 5.91 Å². The van der Waals surface area contributed by atoms with Gasteiger partial charge in [-0.15, -0.1) is 11.6 Å². The van der Waals surface area contributed by atoms with Crippen LogP contribution in [0.2, 0.25) is 0 Å². The van der Waals surface area contributed by atoms with E-state index in [1.54, 1.807) is 11.9 Å². The third-order valence-electron chi connectivity index (χ3n) is 2.06. The summed E-state index contributed by atoms with van der Waals surface area (Å²) in [6.45, 7) is 2.42. The molecule has 0 spiro atoms. The molecule has 0 aromatic heterocycles. The van der Waals surface area contributed by atoms with Gasteiger partial charge in [-0.3, -0.25) is 4.79 Å². The molecule has 0 saturated carbocycles. The molecule has 0 heterocycles. The van der Waals surface area contributed by atoms with Gasteiger partial charge in [0.15, 0.2) is 6.61 Å². The topological polar surface area (TPSA) is 29.5 Å². The van der Waals surface area contributed by atoms with Crippen molar-refractivity contribution >= 4 is 17.5 Å². The lowest BCUT2D eigenvalue weighted by Crippen LogP contribution is -2.34. The van der Waals surface area contributed by atoms with Crippen molar-refractivity contribution in [3.63, 3.8) is 0 Å². The molecule has 1 amide bonds. The number of carbonyl (C=O) groups is 1. The molecule has 1 atom stereocenters. The van der Waals surface area contributed by atoms with E-state index in [-0.39, 0.29) is 17.9 Å². The fourth-order valence-corrected chi connectivity index (χ4v) is 1.46. The molecule has 0 aliphatic carbocycles. The molecule has 0 bridgehead atoms. The number of alkyl halides is 1. The fraction of sp³-hybridized carbons (Fsp3) is 0.417. The molecule has 4 heteroatoms. The molecule has 0 aliphatic heterocycles. The van der Waals surface area contributed by atoms with Gasteiger partial charge in [0, 0.05) is 19.0 Å². The number of para-hydroxylation sites is 1. The minimum Gasteiger partial charge on any atom is -0.484 e. The highest BCUT2D eigenvalue weighted by Gasteiger charge is 2.11. The molecule has 0 fully saturated rings. The molecule has 0 aliphatic rings. The van der Waals surface area contributed by atoms with Crippen LogP contribution in [0.4, 0.5) is 0 Å². The second-order valence-electron chi connectivity index (χ2n) is 3.66. The van der Waals surface area contributed by atoms with Crippen molar-refractivity contribution in [2.75, 3.05) is 20.2 Å². The van der Waals surface area contributed by atoms with E-state index in [1.165, 1.54) is 0 Å². The summed E-state index contributed by atoms with van der Waals surface area (Å²) in [5.41, 5.74) is 0. The minimum atomic E-state index is -0.0728. The molecular formula is C12H16ClNO2. The number of likely N-dealkylation sites (N-methyl/N-ethyl adjacent to an activating group) is 1. The van der Waals surface area contributed by atoms with Crippen molar-refractivity contribution in [3.8, 4) is 5.75 Å². The van der Waals surface area contributed by atoms with Gasteiger partial charge >= 0.3 is 0 Å². The summed E-state index contributed by atoms with van der Waals surface area (Å²) < 4.78 is 5.34. The van der Waals surface area contributed by atoms with Gasteiger partial charge in [-0.25, -0.2) is 0 Å². The molecule has 0 radical (unpaired) electrons. The van der Waals surface area contributed by atoms with Crippen LogP contribution in [-0.4, -0.2) is 36.4 Å². The van der Waals surface area contributed by atoms with E-state index in [2.05, 4.69) is 0 Å². The Morgan fingerprint density at radius 3 is 2.62 bits per heavy atom. The van der Waals surface area contributed by atoms with Crippen LogP contribution in [-0.2, 0) is 4.79 Å². The van der Waals surface area contributed by atoms with Crippen LogP contribution < -0.4 is 4.74 Å². The molecule has 1 rings (SSSR count). The first kappa shape index (κ1) is 12.8. The number of carbonyl (C=O) groups excluding carboxylic acids is 1. The molecule has 0 saturated heterocycles. The maximum Gasteiger partial charge on any atom is 0.260 e. The Kier molecular flexibility index (Phi) is 5.12. The molecule has 1 aromatic rings. The average Bonchev–Trinajstić information content (AvgIpc) is 2.26. The normalized spacial score (nSPS) is 11.9. The smallest absolute Gasteiger partial charge is 0.260 e. The molecule has 88 valence electrons. The quantitative estimate of drug-likeness (QED) is 0.740. The first-order valence-corrected chi connectivity index (χ1v) is 5.59. The monoisotopic (exact) mass is 241 g/mol. The van der Waals surface area contributed by atoms with Gasteiger partial charge in [-0.2, -0.15) is 0 Å². The first-order chi connectivity index (χ1) is 7.59. The molecular weight excluding hydrogens is 226 g/mol. The molecule has 1 unspecified atom stereocenters. The Morgan fingerprint density at radius 2 is 2.06 bits per heavy atom. The van der Waals surface area contributed by atoms with E-state index < -0.39 is 0 Å². The third kappa shape index (κ3) is 4.53. The van der Waals surface area contributed by atoms with E-state index in [9.17, 15) is 4.79 Å². The summed E-state index contributed by atoms with van der Waals surface area (Å²) in [7, 11) is 1.72. The number of hydrogen-bond acceptors (Lipinski definition) is 2. The number of rotatable bonds is 5.